The second-order valence-electron chi connectivity index (χ2n) is 7.06. The maximum absolute atomic E-state index is 13.4. The van der Waals surface area contributed by atoms with E-state index in [1.807, 2.05) is 0 Å². The van der Waals surface area contributed by atoms with E-state index in [2.05, 4.69) is 26.2 Å². The number of aromatic nitrogens is 4. The third-order valence-electron chi connectivity index (χ3n) is 4.77. The molecule has 0 amide bonds. The number of nitrogens with zero attached hydrogens (tertiary/aromatic N) is 4. The van der Waals surface area contributed by atoms with Crippen molar-refractivity contribution in [3.05, 3.63) is 41.7 Å². The van der Waals surface area contributed by atoms with Gasteiger partial charge in [0.15, 0.2) is 41.5 Å². The standard InChI is InChI=1S/C21H17ClFN5O5/c1-4-15-17(31-10(2)29)18(32-11(3)30)21(33-15)28-9-26-16-19(24-8-25-20(16)28)27-14-6-5-12(23)7-13(14)22/h1,5-9,15,17-18,21H,2-3H3,(H,24,25,27)/t15-,17-,18-,21-/m1/s1. The summed E-state index contributed by atoms with van der Waals surface area (Å²) in [6.45, 7) is 2.43. The molecule has 0 unspecified atom stereocenters. The number of nitrogens with one attached hydrogen (secondary N) is 1. The molecule has 1 fully saturated rings. The first-order valence-electron chi connectivity index (χ1n) is 9.64. The molecule has 12 heteroatoms. The Labute approximate surface area is 192 Å². The molecule has 0 radical (unpaired) electrons. The molecule has 0 bridgehead atoms. The zero-order valence-corrected chi connectivity index (χ0v) is 18.1. The first kappa shape index (κ1) is 22.4. The average Bonchev–Trinajstić information content (AvgIpc) is 3.31. The Kier molecular flexibility index (Phi) is 6.13. The van der Waals surface area contributed by atoms with E-state index in [1.165, 1.54) is 43.2 Å². The summed E-state index contributed by atoms with van der Waals surface area (Å²) in [7, 11) is 0. The van der Waals surface area contributed by atoms with Crippen LogP contribution in [0.5, 0.6) is 0 Å². The monoisotopic (exact) mass is 473 g/mol. The van der Waals surface area contributed by atoms with Gasteiger partial charge in [-0.25, -0.2) is 19.3 Å². The molecule has 4 rings (SSSR count). The van der Waals surface area contributed by atoms with Crippen molar-refractivity contribution >= 4 is 46.2 Å². The van der Waals surface area contributed by atoms with Crippen molar-refractivity contribution in [2.75, 3.05) is 5.32 Å². The predicted octanol–water partition coefficient (Wildman–Crippen LogP) is 2.76. The number of carbonyl (C=O) groups is 2. The number of imidazole rings is 1. The second-order valence-corrected chi connectivity index (χ2v) is 7.46. The van der Waals surface area contributed by atoms with Crippen molar-refractivity contribution < 1.29 is 28.2 Å². The topological polar surface area (TPSA) is 117 Å². The largest absolute Gasteiger partial charge is 0.455 e. The van der Waals surface area contributed by atoms with Crippen LogP contribution in [0.1, 0.15) is 20.1 Å². The van der Waals surface area contributed by atoms with E-state index in [4.69, 9.17) is 32.2 Å². The van der Waals surface area contributed by atoms with E-state index in [0.717, 1.165) is 6.07 Å². The van der Waals surface area contributed by atoms with Gasteiger partial charge in [-0.15, -0.1) is 6.42 Å². The summed E-state index contributed by atoms with van der Waals surface area (Å²) < 4.78 is 31.4. The van der Waals surface area contributed by atoms with Crippen molar-refractivity contribution in [1.82, 2.24) is 19.5 Å². The molecule has 4 atom stereocenters. The predicted molar refractivity (Wildman–Crippen MR) is 114 cm³/mol. The maximum Gasteiger partial charge on any atom is 0.303 e. The number of ether oxygens (including phenoxy) is 3. The van der Waals surface area contributed by atoms with Crippen molar-refractivity contribution in [2.45, 2.75) is 38.4 Å². The molecule has 1 aromatic carbocycles. The number of fused-ring (bicyclic) bond motifs is 1. The number of carbonyl (C=O) groups excluding carboxylic acids is 2. The number of terminal acetylenes is 1. The fourth-order valence-electron chi connectivity index (χ4n) is 3.48. The Hall–Kier alpha value is -3.75. The van der Waals surface area contributed by atoms with Gasteiger partial charge in [0, 0.05) is 13.8 Å². The molecule has 1 N–H and O–H groups in total. The lowest BCUT2D eigenvalue weighted by molar-refractivity contribution is -0.165. The average molecular weight is 474 g/mol. The number of benzene rings is 1. The van der Waals surface area contributed by atoms with Gasteiger partial charge in [0.2, 0.25) is 0 Å². The van der Waals surface area contributed by atoms with Crippen LogP contribution in [0.2, 0.25) is 5.02 Å². The van der Waals surface area contributed by atoms with Gasteiger partial charge >= 0.3 is 11.9 Å². The molecular weight excluding hydrogens is 457 g/mol. The fourth-order valence-corrected chi connectivity index (χ4v) is 3.70. The van der Waals surface area contributed by atoms with Gasteiger partial charge in [-0.05, 0) is 18.2 Å². The van der Waals surface area contributed by atoms with Crippen molar-refractivity contribution in [2.24, 2.45) is 0 Å². The van der Waals surface area contributed by atoms with Crippen LogP contribution in [0, 0.1) is 18.2 Å². The van der Waals surface area contributed by atoms with Crippen LogP contribution in [0.15, 0.2) is 30.9 Å². The highest BCUT2D eigenvalue weighted by atomic mass is 35.5. The summed E-state index contributed by atoms with van der Waals surface area (Å²) in [5, 5.41) is 3.14. The van der Waals surface area contributed by atoms with Gasteiger partial charge < -0.3 is 19.5 Å². The highest BCUT2D eigenvalue weighted by Gasteiger charge is 2.50. The van der Waals surface area contributed by atoms with Crippen LogP contribution < -0.4 is 5.32 Å². The summed E-state index contributed by atoms with van der Waals surface area (Å²) in [6, 6.07) is 3.86. The SMILES string of the molecule is C#C[C@H]1O[C@@H](n2cnc3c(Nc4ccc(F)cc4Cl)ncnc32)[C@H](OC(C)=O)[C@@H]1OC(C)=O. The Bertz CT molecular complexity index is 1280. The van der Waals surface area contributed by atoms with Crippen molar-refractivity contribution in [1.29, 1.82) is 0 Å². The minimum Gasteiger partial charge on any atom is -0.455 e. The highest BCUT2D eigenvalue weighted by Crippen LogP contribution is 2.36. The number of rotatable bonds is 5. The van der Waals surface area contributed by atoms with Crippen molar-refractivity contribution in [3.8, 4) is 12.3 Å². The van der Waals surface area contributed by atoms with Gasteiger partial charge in [0.25, 0.3) is 0 Å². The van der Waals surface area contributed by atoms with Crippen LogP contribution in [0.25, 0.3) is 11.2 Å². The lowest BCUT2D eigenvalue weighted by Gasteiger charge is -2.23. The maximum atomic E-state index is 13.4. The summed E-state index contributed by atoms with van der Waals surface area (Å²) in [4.78, 5) is 36.1. The molecule has 3 heterocycles. The number of hydrogen-bond donors (Lipinski definition) is 1. The molecule has 0 saturated carbocycles. The Morgan fingerprint density at radius 2 is 1.94 bits per heavy atom. The Morgan fingerprint density at radius 1 is 1.21 bits per heavy atom. The lowest BCUT2D eigenvalue weighted by Crippen LogP contribution is -2.38. The van der Waals surface area contributed by atoms with Gasteiger partial charge in [-0.1, -0.05) is 17.5 Å². The molecule has 3 aromatic rings. The molecule has 170 valence electrons. The summed E-state index contributed by atoms with van der Waals surface area (Å²) >= 11 is 6.10. The number of hydrogen-bond acceptors (Lipinski definition) is 9. The Morgan fingerprint density at radius 3 is 2.61 bits per heavy atom. The zero-order valence-electron chi connectivity index (χ0n) is 17.4. The fraction of sp³-hybridized carbons (Fsp3) is 0.286. The van der Waals surface area contributed by atoms with Gasteiger partial charge in [-0.3, -0.25) is 14.2 Å². The first-order valence-corrected chi connectivity index (χ1v) is 10.0. The third-order valence-corrected chi connectivity index (χ3v) is 5.09. The number of halogens is 2. The quantitative estimate of drug-likeness (QED) is 0.440. The molecule has 1 saturated heterocycles. The molecule has 0 spiro atoms. The molecular formula is C21H17ClFN5O5. The molecule has 1 aliphatic rings. The first-order chi connectivity index (χ1) is 15.8. The van der Waals surface area contributed by atoms with Crippen LogP contribution >= 0.6 is 11.6 Å². The summed E-state index contributed by atoms with van der Waals surface area (Å²) in [6.07, 6.45) is 4.19. The normalized spacial score (nSPS) is 22.0. The molecule has 2 aromatic heterocycles. The van der Waals surface area contributed by atoms with E-state index in [-0.39, 0.29) is 5.02 Å². The van der Waals surface area contributed by atoms with Crippen LogP contribution in [0.3, 0.4) is 0 Å². The number of anilines is 2. The molecule has 1 aliphatic heterocycles. The number of esters is 2. The summed E-state index contributed by atoms with van der Waals surface area (Å²) in [5.41, 5.74) is 1.05. The minimum atomic E-state index is -1.05. The van der Waals surface area contributed by atoms with Gasteiger partial charge in [0.1, 0.15) is 12.1 Å². The van der Waals surface area contributed by atoms with E-state index in [9.17, 15) is 14.0 Å². The Balaban J connectivity index is 1.73. The minimum absolute atomic E-state index is 0.149. The molecule has 0 aliphatic carbocycles. The summed E-state index contributed by atoms with van der Waals surface area (Å²) in [5.74, 6) is 0.986. The smallest absolute Gasteiger partial charge is 0.303 e. The molecule has 33 heavy (non-hydrogen) atoms. The van der Waals surface area contributed by atoms with Gasteiger partial charge in [0.05, 0.1) is 17.0 Å². The highest BCUT2D eigenvalue weighted by molar-refractivity contribution is 6.33. The van der Waals surface area contributed by atoms with E-state index in [0.29, 0.717) is 22.7 Å². The zero-order chi connectivity index (χ0) is 23.7. The van der Waals surface area contributed by atoms with E-state index in [1.54, 1.807) is 0 Å². The second kappa shape index (κ2) is 9.01. The third kappa shape index (κ3) is 4.44. The molecule has 10 nitrogen and oxygen atoms in total. The lowest BCUT2D eigenvalue weighted by atomic mass is 10.1. The van der Waals surface area contributed by atoms with E-state index < -0.39 is 42.3 Å². The van der Waals surface area contributed by atoms with Crippen LogP contribution in [0.4, 0.5) is 15.9 Å². The van der Waals surface area contributed by atoms with E-state index >= 15 is 0 Å². The van der Waals surface area contributed by atoms with Crippen LogP contribution in [-0.4, -0.2) is 49.8 Å². The van der Waals surface area contributed by atoms with Crippen LogP contribution in [-0.2, 0) is 23.8 Å². The van der Waals surface area contributed by atoms with Crippen molar-refractivity contribution in [3.63, 3.8) is 0 Å². The van der Waals surface area contributed by atoms with Gasteiger partial charge in [-0.2, -0.15) is 0 Å².